The highest BCUT2D eigenvalue weighted by molar-refractivity contribution is 7.99. The first-order chi connectivity index (χ1) is 11.1. The van der Waals surface area contributed by atoms with Crippen molar-refractivity contribution in [3.05, 3.63) is 95.6 Å². The number of hydrogen-bond donors (Lipinski definition) is 0. The summed E-state index contributed by atoms with van der Waals surface area (Å²) in [5.74, 6) is -1.12. The highest BCUT2D eigenvalue weighted by atomic mass is 32.2. The van der Waals surface area contributed by atoms with Crippen LogP contribution in [0.4, 0.5) is 8.78 Å². The first kappa shape index (κ1) is 15.4. The SMILES string of the molecule is [OH+]=C(c1ccccc1)c1ccccc1Sc1cc(F)cc(F)c1. The first-order valence-corrected chi connectivity index (χ1v) is 7.80. The van der Waals surface area contributed by atoms with Crippen LogP contribution >= 0.6 is 11.8 Å². The monoisotopic (exact) mass is 327 g/mol. The second kappa shape index (κ2) is 6.75. The van der Waals surface area contributed by atoms with Crippen molar-refractivity contribution in [3.8, 4) is 0 Å². The number of halogens is 2. The van der Waals surface area contributed by atoms with Crippen LogP contribution in [0.5, 0.6) is 0 Å². The van der Waals surface area contributed by atoms with Gasteiger partial charge in [0.05, 0.1) is 11.1 Å². The van der Waals surface area contributed by atoms with Crippen LogP contribution in [0, 0.1) is 11.6 Å². The van der Waals surface area contributed by atoms with Crippen molar-refractivity contribution in [1.29, 1.82) is 0 Å². The molecule has 0 atom stereocenters. The largest absolute Gasteiger partial charge is 0.355 e. The molecule has 3 aromatic rings. The van der Waals surface area contributed by atoms with Crippen molar-refractivity contribution in [2.24, 2.45) is 0 Å². The Morgan fingerprint density at radius 2 is 1.39 bits per heavy atom. The van der Waals surface area contributed by atoms with Gasteiger partial charge in [0.1, 0.15) is 11.6 Å². The van der Waals surface area contributed by atoms with Gasteiger partial charge in [0, 0.05) is 15.9 Å². The van der Waals surface area contributed by atoms with E-state index in [0.717, 1.165) is 11.0 Å². The number of hydrogen-bond acceptors (Lipinski definition) is 1. The summed E-state index contributed by atoms with van der Waals surface area (Å²) in [6, 6.07) is 19.7. The normalized spacial score (nSPS) is 10.5. The van der Waals surface area contributed by atoms with E-state index in [0.29, 0.717) is 16.0 Å². The molecule has 0 heterocycles. The summed E-state index contributed by atoms with van der Waals surface area (Å²) in [5, 5.41) is 0. The van der Waals surface area contributed by atoms with Crippen LogP contribution in [0.15, 0.2) is 82.6 Å². The Bertz CT molecular complexity index is 827. The molecule has 0 saturated carbocycles. The molecule has 0 fully saturated rings. The van der Waals surface area contributed by atoms with E-state index in [4.69, 9.17) is 0 Å². The van der Waals surface area contributed by atoms with Crippen LogP contribution in [0.2, 0.25) is 0 Å². The lowest BCUT2D eigenvalue weighted by atomic mass is 10.0. The number of benzene rings is 3. The average Bonchev–Trinajstić information content (AvgIpc) is 2.54. The van der Waals surface area contributed by atoms with Gasteiger partial charge in [-0.05, 0) is 36.4 Å². The molecular formula is C19H13F2OS+. The van der Waals surface area contributed by atoms with Crippen LogP contribution in [-0.2, 0) is 0 Å². The topological polar surface area (TPSA) is 21.4 Å². The summed E-state index contributed by atoms with van der Waals surface area (Å²) < 4.78 is 26.7. The van der Waals surface area contributed by atoms with Gasteiger partial charge < -0.3 is 0 Å². The van der Waals surface area contributed by atoms with Gasteiger partial charge in [-0.1, -0.05) is 42.1 Å². The molecule has 0 unspecified atom stereocenters. The van der Waals surface area contributed by atoms with E-state index in [-0.39, 0.29) is 5.78 Å². The van der Waals surface area contributed by atoms with Gasteiger partial charge in [-0.15, -0.1) is 0 Å². The molecule has 0 aliphatic carbocycles. The van der Waals surface area contributed by atoms with E-state index in [2.05, 4.69) is 0 Å². The van der Waals surface area contributed by atoms with E-state index < -0.39 is 11.6 Å². The molecule has 0 aromatic heterocycles. The Hall–Kier alpha value is -2.46. The third kappa shape index (κ3) is 3.66. The fourth-order valence-electron chi connectivity index (χ4n) is 2.22. The summed E-state index contributed by atoms with van der Waals surface area (Å²) in [5.41, 5.74) is 1.30. The van der Waals surface area contributed by atoms with Crippen LogP contribution in [0.25, 0.3) is 0 Å². The molecule has 0 bridgehead atoms. The van der Waals surface area contributed by atoms with Crippen LogP contribution < -0.4 is 0 Å². The van der Waals surface area contributed by atoms with Crippen LogP contribution in [0.1, 0.15) is 11.1 Å². The van der Waals surface area contributed by atoms with Gasteiger partial charge in [0.2, 0.25) is 0 Å². The maximum atomic E-state index is 13.3. The summed E-state index contributed by atoms with van der Waals surface area (Å²) in [6.07, 6.45) is 0. The predicted octanol–water partition coefficient (Wildman–Crippen LogP) is 5.06. The van der Waals surface area contributed by atoms with Crippen molar-refractivity contribution in [2.75, 3.05) is 0 Å². The lowest BCUT2D eigenvalue weighted by Crippen LogP contribution is -2.04. The molecular weight excluding hydrogens is 314 g/mol. The average molecular weight is 327 g/mol. The maximum absolute atomic E-state index is 13.3. The molecule has 0 saturated heterocycles. The van der Waals surface area contributed by atoms with Crippen molar-refractivity contribution < 1.29 is 13.6 Å². The fourth-order valence-corrected chi connectivity index (χ4v) is 3.24. The van der Waals surface area contributed by atoms with Gasteiger partial charge in [-0.3, -0.25) is 4.79 Å². The van der Waals surface area contributed by atoms with E-state index in [1.54, 1.807) is 18.2 Å². The Labute approximate surface area is 137 Å². The van der Waals surface area contributed by atoms with Crippen molar-refractivity contribution >= 4 is 17.5 Å². The summed E-state index contributed by atoms with van der Waals surface area (Å²) in [7, 11) is 0. The Morgan fingerprint density at radius 3 is 2.09 bits per heavy atom. The fraction of sp³-hybridized carbons (Fsp3) is 0. The van der Waals surface area contributed by atoms with E-state index >= 15 is 0 Å². The Kier molecular flexibility index (Phi) is 4.53. The van der Waals surface area contributed by atoms with Gasteiger partial charge in [-0.25, -0.2) is 8.78 Å². The molecule has 0 spiro atoms. The number of rotatable bonds is 4. The Balaban J connectivity index is 1.96. The zero-order valence-corrected chi connectivity index (χ0v) is 12.9. The smallest absolute Gasteiger partial charge is 0.273 e. The summed E-state index contributed by atoms with van der Waals surface area (Å²) in [6.45, 7) is 0. The summed E-state index contributed by atoms with van der Waals surface area (Å²) >= 11 is 1.20. The lowest BCUT2D eigenvalue weighted by molar-refractivity contribution is 0.577. The number of ketones is 1. The molecule has 0 radical (unpaired) electrons. The number of carbonyl (C=O) groups excluding carboxylic acids is 1. The first-order valence-electron chi connectivity index (χ1n) is 6.98. The molecule has 0 aliphatic rings. The summed E-state index contributed by atoms with van der Waals surface area (Å²) in [4.78, 5) is 11.7. The van der Waals surface area contributed by atoms with Crippen LogP contribution in [-0.4, -0.2) is 10.6 Å². The minimum atomic E-state index is -0.624. The van der Waals surface area contributed by atoms with Crippen molar-refractivity contribution in [2.45, 2.75) is 9.79 Å². The highest BCUT2D eigenvalue weighted by Gasteiger charge is 2.19. The maximum Gasteiger partial charge on any atom is 0.355 e. The van der Waals surface area contributed by atoms with Crippen LogP contribution in [0.3, 0.4) is 0 Å². The van der Waals surface area contributed by atoms with Crippen molar-refractivity contribution in [1.82, 2.24) is 0 Å². The molecule has 3 rings (SSSR count). The third-order valence-electron chi connectivity index (χ3n) is 3.25. The molecule has 1 nitrogen and oxygen atoms in total. The second-order valence-electron chi connectivity index (χ2n) is 4.92. The Morgan fingerprint density at radius 1 is 0.783 bits per heavy atom. The molecule has 23 heavy (non-hydrogen) atoms. The lowest BCUT2D eigenvalue weighted by Gasteiger charge is -2.06. The van der Waals surface area contributed by atoms with Gasteiger partial charge >= 0.3 is 5.78 Å². The van der Waals surface area contributed by atoms with E-state index in [1.165, 1.54) is 23.9 Å². The molecule has 3 aromatic carbocycles. The minimum Gasteiger partial charge on any atom is -0.273 e. The molecule has 114 valence electrons. The second-order valence-corrected chi connectivity index (χ2v) is 6.03. The highest BCUT2D eigenvalue weighted by Crippen LogP contribution is 2.32. The minimum absolute atomic E-state index is 0.130. The third-order valence-corrected chi connectivity index (χ3v) is 4.30. The molecule has 1 N–H and O–H groups in total. The van der Waals surface area contributed by atoms with E-state index in [9.17, 15) is 13.6 Å². The van der Waals surface area contributed by atoms with Gasteiger partial charge in [-0.2, -0.15) is 0 Å². The van der Waals surface area contributed by atoms with Gasteiger partial charge in [0.15, 0.2) is 0 Å². The standard InChI is InChI=1S/C19H12F2OS/c20-14-10-15(21)12-16(11-14)23-18-9-5-4-8-17(18)19(22)13-6-2-1-3-7-13/h1-12H/p+1. The quantitative estimate of drug-likeness (QED) is 0.485. The van der Waals surface area contributed by atoms with Crippen molar-refractivity contribution in [3.63, 3.8) is 0 Å². The molecule has 0 amide bonds. The molecule has 4 heteroatoms. The zero-order valence-electron chi connectivity index (χ0n) is 12.0. The van der Waals surface area contributed by atoms with E-state index in [1.807, 2.05) is 36.4 Å². The zero-order chi connectivity index (χ0) is 16.2. The predicted molar refractivity (Wildman–Crippen MR) is 88.5 cm³/mol. The van der Waals surface area contributed by atoms with Gasteiger partial charge in [0.25, 0.3) is 0 Å². The molecule has 0 aliphatic heterocycles.